The number of nitro groups is 2. The maximum atomic E-state index is 13.3. The molecule has 0 atom stereocenters. The van der Waals surface area contributed by atoms with Crippen molar-refractivity contribution in [2.45, 2.75) is 0 Å². The molecule has 4 rings (SSSR count). The van der Waals surface area contributed by atoms with E-state index in [-0.39, 0.29) is 22.2 Å². The molecule has 1 aromatic heterocycles. The lowest BCUT2D eigenvalue weighted by molar-refractivity contribution is -0.394. The molecule has 0 aliphatic heterocycles. The average Bonchev–Trinajstić information content (AvgIpc) is 3.16. The van der Waals surface area contributed by atoms with E-state index in [0.29, 0.717) is 22.7 Å². The Balaban J connectivity index is 1.64. The van der Waals surface area contributed by atoms with Gasteiger partial charge in [-0.2, -0.15) is 0 Å². The van der Waals surface area contributed by atoms with E-state index in [4.69, 9.17) is 16.0 Å². The number of aromatic nitrogens is 1. The number of nitro benzene ring substituents is 2. The molecule has 0 saturated heterocycles. The predicted molar refractivity (Wildman–Crippen MR) is 112 cm³/mol. The second-order valence-electron chi connectivity index (χ2n) is 6.50. The third kappa shape index (κ3) is 3.96. The lowest BCUT2D eigenvalue weighted by Crippen LogP contribution is -2.14. The summed E-state index contributed by atoms with van der Waals surface area (Å²) in [6, 6.07) is 10.9. The number of anilines is 1. The highest BCUT2D eigenvalue weighted by Gasteiger charge is 2.24. The van der Waals surface area contributed by atoms with Gasteiger partial charge < -0.3 is 9.73 Å². The van der Waals surface area contributed by atoms with Crippen molar-refractivity contribution in [1.29, 1.82) is 0 Å². The first-order valence-electron chi connectivity index (χ1n) is 8.83. The molecule has 1 N–H and O–H groups in total. The molecule has 0 bridgehead atoms. The lowest BCUT2D eigenvalue weighted by Gasteiger charge is -2.05. The number of carbonyl (C=O) groups excluding carboxylic acids is 1. The zero-order chi connectivity index (χ0) is 23.0. The molecule has 3 aromatic carbocycles. The summed E-state index contributed by atoms with van der Waals surface area (Å²) in [7, 11) is 0. The van der Waals surface area contributed by atoms with Crippen molar-refractivity contribution in [3.8, 4) is 11.5 Å². The van der Waals surface area contributed by atoms with Crippen molar-refractivity contribution in [2.24, 2.45) is 0 Å². The summed E-state index contributed by atoms with van der Waals surface area (Å²) in [5.41, 5.74) is -0.232. The molecule has 0 aliphatic carbocycles. The topological polar surface area (TPSA) is 141 Å². The molecule has 10 nitrogen and oxygen atoms in total. The van der Waals surface area contributed by atoms with Gasteiger partial charge >= 0.3 is 0 Å². The van der Waals surface area contributed by atoms with Crippen LogP contribution >= 0.6 is 11.6 Å². The molecule has 0 fully saturated rings. The van der Waals surface area contributed by atoms with Gasteiger partial charge in [0, 0.05) is 11.8 Å². The zero-order valence-electron chi connectivity index (χ0n) is 15.7. The van der Waals surface area contributed by atoms with Crippen LogP contribution in [0.25, 0.3) is 22.6 Å². The third-order valence-corrected chi connectivity index (χ3v) is 4.75. The Morgan fingerprint density at radius 1 is 1.03 bits per heavy atom. The molecule has 12 heteroatoms. The standard InChI is InChI=1S/C20H10ClFN4O6/c21-15-7-10(22)1-4-13(15)20-24-16-8-11(2-6-18(16)32-20)23-19(27)14-5-3-12(25(28)29)9-17(14)26(30)31/h1-9H,(H,23,27). The summed E-state index contributed by atoms with van der Waals surface area (Å²) in [5.74, 6) is -1.21. The lowest BCUT2D eigenvalue weighted by atomic mass is 10.1. The molecule has 160 valence electrons. The first kappa shape index (κ1) is 20.9. The molecule has 0 spiro atoms. The van der Waals surface area contributed by atoms with Crippen molar-refractivity contribution in [1.82, 2.24) is 4.98 Å². The minimum absolute atomic E-state index is 0.107. The molecule has 1 amide bonds. The summed E-state index contributed by atoms with van der Waals surface area (Å²) < 4.78 is 18.9. The maximum absolute atomic E-state index is 13.3. The maximum Gasteiger partial charge on any atom is 0.289 e. The third-order valence-electron chi connectivity index (χ3n) is 4.44. The van der Waals surface area contributed by atoms with Gasteiger partial charge in [-0.05, 0) is 42.5 Å². The number of carbonyl (C=O) groups is 1. The van der Waals surface area contributed by atoms with Gasteiger partial charge in [0.15, 0.2) is 5.58 Å². The Labute approximate surface area is 182 Å². The van der Waals surface area contributed by atoms with Crippen LogP contribution in [-0.2, 0) is 0 Å². The Bertz CT molecular complexity index is 1420. The fourth-order valence-corrected chi connectivity index (χ4v) is 3.21. The highest BCUT2D eigenvalue weighted by Crippen LogP contribution is 2.32. The monoisotopic (exact) mass is 456 g/mol. The minimum atomic E-state index is -0.874. The van der Waals surface area contributed by atoms with Crippen molar-refractivity contribution in [2.75, 3.05) is 5.32 Å². The fraction of sp³-hybridized carbons (Fsp3) is 0. The number of benzene rings is 3. The summed E-state index contributed by atoms with van der Waals surface area (Å²) in [6.07, 6.45) is 0. The Kier molecular flexibility index (Phi) is 5.24. The first-order chi connectivity index (χ1) is 15.2. The molecule has 0 unspecified atom stereocenters. The Hall–Kier alpha value is -4.38. The zero-order valence-corrected chi connectivity index (χ0v) is 16.5. The van der Waals surface area contributed by atoms with Gasteiger partial charge in [0.1, 0.15) is 16.9 Å². The number of nitrogens with one attached hydrogen (secondary N) is 1. The molecular weight excluding hydrogens is 447 g/mol. The number of rotatable bonds is 5. The summed E-state index contributed by atoms with van der Waals surface area (Å²) >= 11 is 6.04. The Morgan fingerprint density at radius 2 is 1.81 bits per heavy atom. The van der Waals surface area contributed by atoms with E-state index in [0.717, 1.165) is 18.2 Å². The van der Waals surface area contributed by atoms with Crippen molar-refractivity contribution < 1.29 is 23.4 Å². The number of hydrogen-bond donors (Lipinski definition) is 1. The van der Waals surface area contributed by atoms with Gasteiger partial charge in [-0.25, -0.2) is 9.37 Å². The highest BCUT2D eigenvalue weighted by atomic mass is 35.5. The molecule has 0 aliphatic rings. The van der Waals surface area contributed by atoms with Crippen molar-refractivity contribution >= 4 is 45.7 Å². The molecule has 0 radical (unpaired) electrons. The van der Waals surface area contributed by atoms with Crippen LogP contribution in [0.3, 0.4) is 0 Å². The molecular formula is C20H10ClFN4O6. The van der Waals surface area contributed by atoms with Crippen LogP contribution < -0.4 is 5.32 Å². The molecule has 4 aromatic rings. The van der Waals surface area contributed by atoms with Gasteiger partial charge in [-0.1, -0.05) is 11.6 Å². The first-order valence-corrected chi connectivity index (χ1v) is 9.21. The summed E-state index contributed by atoms with van der Waals surface area (Å²) in [4.78, 5) is 37.3. The van der Waals surface area contributed by atoms with Crippen molar-refractivity contribution in [3.05, 3.63) is 91.2 Å². The van der Waals surface area contributed by atoms with Gasteiger partial charge in [-0.3, -0.25) is 25.0 Å². The van der Waals surface area contributed by atoms with Gasteiger partial charge in [0.25, 0.3) is 17.3 Å². The second-order valence-corrected chi connectivity index (χ2v) is 6.90. The quantitative estimate of drug-likeness (QED) is 0.315. The van der Waals surface area contributed by atoms with Gasteiger partial charge in [-0.15, -0.1) is 0 Å². The predicted octanol–water partition coefficient (Wildman–Crippen LogP) is 5.36. The van der Waals surface area contributed by atoms with E-state index in [1.165, 1.54) is 30.3 Å². The fourth-order valence-electron chi connectivity index (χ4n) is 2.96. The van der Waals surface area contributed by atoms with Gasteiger partial charge in [0.05, 0.1) is 26.5 Å². The number of hydrogen-bond acceptors (Lipinski definition) is 7. The Morgan fingerprint density at radius 3 is 2.50 bits per heavy atom. The number of non-ortho nitro benzene ring substituents is 1. The number of fused-ring (bicyclic) bond motifs is 1. The van der Waals surface area contributed by atoms with Crippen molar-refractivity contribution in [3.63, 3.8) is 0 Å². The number of amides is 1. The second kappa shape index (κ2) is 8.04. The van der Waals surface area contributed by atoms with Crippen LogP contribution in [0.5, 0.6) is 0 Å². The molecule has 32 heavy (non-hydrogen) atoms. The SMILES string of the molecule is O=C(Nc1ccc2oc(-c3ccc(F)cc3Cl)nc2c1)c1ccc([N+](=O)[O-])cc1[N+](=O)[O-]. The van der Waals surface area contributed by atoms with E-state index in [2.05, 4.69) is 10.3 Å². The smallest absolute Gasteiger partial charge is 0.289 e. The van der Waals surface area contributed by atoms with E-state index in [1.807, 2.05) is 0 Å². The van der Waals surface area contributed by atoms with Gasteiger partial charge in [0.2, 0.25) is 5.89 Å². The van der Waals surface area contributed by atoms with Crippen LogP contribution in [0.4, 0.5) is 21.5 Å². The van der Waals surface area contributed by atoms with Crippen LogP contribution in [-0.4, -0.2) is 20.7 Å². The average molecular weight is 457 g/mol. The summed E-state index contributed by atoms with van der Waals surface area (Å²) in [6.45, 7) is 0. The molecule has 0 saturated carbocycles. The van der Waals surface area contributed by atoms with Crippen LogP contribution in [0, 0.1) is 26.0 Å². The van der Waals surface area contributed by atoms with E-state index < -0.39 is 32.9 Å². The minimum Gasteiger partial charge on any atom is -0.436 e. The van der Waals surface area contributed by atoms with E-state index in [1.54, 1.807) is 0 Å². The van der Waals surface area contributed by atoms with E-state index in [9.17, 15) is 29.4 Å². The van der Waals surface area contributed by atoms with Crippen LogP contribution in [0.1, 0.15) is 10.4 Å². The largest absolute Gasteiger partial charge is 0.436 e. The van der Waals surface area contributed by atoms with Crippen LogP contribution in [0.15, 0.2) is 59.0 Å². The number of halogens is 2. The highest BCUT2D eigenvalue weighted by molar-refractivity contribution is 6.33. The summed E-state index contributed by atoms with van der Waals surface area (Å²) in [5, 5.41) is 24.7. The molecule has 1 heterocycles. The van der Waals surface area contributed by atoms with E-state index >= 15 is 0 Å². The normalized spacial score (nSPS) is 10.8. The number of nitrogens with zero attached hydrogens (tertiary/aromatic N) is 3. The number of oxazole rings is 1. The van der Waals surface area contributed by atoms with Crippen LogP contribution in [0.2, 0.25) is 5.02 Å².